The van der Waals surface area contributed by atoms with Gasteiger partial charge in [-0.15, -0.1) is 11.3 Å². The monoisotopic (exact) mass is 353 g/mol. The van der Waals surface area contributed by atoms with Gasteiger partial charge in [-0.25, -0.2) is 0 Å². The van der Waals surface area contributed by atoms with Crippen molar-refractivity contribution in [1.82, 2.24) is 4.90 Å². The smallest absolute Gasteiger partial charge is 0.0966 e. The lowest BCUT2D eigenvalue weighted by molar-refractivity contribution is -0.106. The van der Waals surface area contributed by atoms with Crippen LogP contribution < -0.4 is 0 Å². The first kappa shape index (κ1) is 18.3. The van der Waals surface area contributed by atoms with Crippen LogP contribution in [0.3, 0.4) is 0 Å². The van der Waals surface area contributed by atoms with Crippen LogP contribution in [0, 0.1) is 0 Å². The Morgan fingerprint density at radius 3 is 2.67 bits per heavy atom. The molecule has 3 aliphatic rings. The van der Waals surface area contributed by atoms with Gasteiger partial charge in [-0.2, -0.15) is 0 Å². The largest absolute Gasteiger partial charge is 0.389 e. The summed E-state index contributed by atoms with van der Waals surface area (Å²) in [4.78, 5) is 5.42. The Morgan fingerprint density at radius 2 is 2.04 bits per heavy atom. The van der Waals surface area contributed by atoms with Gasteiger partial charge in [0.05, 0.1) is 37.6 Å². The predicted molar refractivity (Wildman–Crippen MR) is 97.8 cm³/mol. The van der Waals surface area contributed by atoms with Crippen LogP contribution in [0.1, 0.15) is 48.9 Å². The van der Waals surface area contributed by atoms with Crippen molar-refractivity contribution < 1.29 is 14.6 Å². The van der Waals surface area contributed by atoms with Crippen LogP contribution in [0.5, 0.6) is 0 Å². The molecule has 0 amide bonds. The van der Waals surface area contributed by atoms with Gasteiger partial charge < -0.3 is 14.6 Å². The molecule has 136 valence electrons. The molecular weight excluding hydrogens is 322 g/mol. The van der Waals surface area contributed by atoms with Gasteiger partial charge in [-0.1, -0.05) is 20.8 Å². The van der Waals surface area contributed by atoms with Crippen LogP contribution in [0.2, 0.25) is 0 Å². The zero-order chi connectivity index (χ0) is 17.2. The normalized spacial score (nSPS) is 29.2. The number of aliphatic hydroxyl groups excluding tert-OH is 1. The van der Waals surface area contributed by atoms with Crippen molar-refractivity contribution in [3.63, 3.8) is 0 Å². The lowest BCUT2D eigenvalue weighted by Crippen LogP contribution is -2.52. The first-order chi connectivity index (χ1) is 11.7. The van der Waals surface area contributed by atoms with E-state index in [0.717, 1.165) is 45.4 Å². The summed E-state index contributed by atoms with van der Waals surface area (Å²) in [6.45, 7) is 10.2. The fraction of sp³-hybridized carbons (Fsp3) is 0.789. The molecule has 2 fully saturated rings. The zero-order valence-electron chi connectivity index (χ0n) is 15.2. The number of fused-ring (bicyclic) bond motifs is 2. The average molecular weight is 354 g/mol. The van der Waals surface area contributed by atoms with Crippen molar-refractivity contribution in [3.05, 3.63) is 21.4 Å². The maximum Gasteiger partial charge on any atom is 0.0966 e. The van der Waals surface area contributed by atoms with Gasteiger partial charge in [0.15, 0.2) is 0 Å². The van der Waals surface area contributed by atoms with Crippen molar-refractivity contribution in [3.8, 4) is 0 Å². The summed E-state index contributed by atoms with van der Waals surface area (Å²) < 4.78 is 11.7. The molecule has 0 aliphatic carbocycles. The minimum Gasteiger partial charge on any atom is -0.389 e. The fourth-order valence-corrected chi connectivity index (χ4v) is 5.34. The van der Waals surface area contributed by atoms with E-state index in [2.05, 4.69) is 17.9 Å². The minimum atomic E-state index is -0.329. The minimum absolute atomic E-state index is 0.0710. The lowest BCUT2D eigenvalue weighted by Gasteiger charge is -2.45. The number of nitrogens with zero attached hydrogens (tertiary/aromatic N) is 1. The van der Waals surface area contributed by atoms with Gasteiger partial charge in [0, 0.05) is 29.3 Å². The van der Waals surface area contributed by atoms with Crippen molar-refractivity contribution in [2.45, 2.75) is 64.2 Å². The van der Waals surface area contributed by atoms with Crippen LogP contribution in [-0.4, -0.2) is 55.1 Å². The Kier molecular flexibility index (Phi) is 5.98. The van der Waals surface area contributed by atoms with E-state index >= 15 is 0 Å². The van der Waals surface area contributed by atoms with Crippen molar-refractivity contribution >= 4 is 11.3 Å². The lowest BCUT2D eigenvalue weighted by atomic mass is 9.81. The molecule has 4 rings (SSSR count). The van der Waals surface area contributed by atoms with Crippen LogP contribution in [0.4, 0.5) is 0 Å². The number of hydrogen-bond acceptors (Lipinski definition) is 5. The molecule has 1 aromatic rings. The average Bonchev–Trinajstić information content (AvgIpc) is 3.24. The van der Waals surface area contributed by atoms with Gasteiger partial charge >= 0.3 is 0 Å². The van der Waals surface area contributed by atoms with Gasteiger partial charge in [0.2, 0.25) is 0 Å². The number of hydrogen-bond donors (Lipinski definition) is 1. The van der Waals surface area contributed by atoms with Gasteiger partial charge in [0.25, 0.3) is 0 Å². The summed E-state index contributed by atoms with van der Waals surface area (Å²) in [6.07, 6.45) is 3.92. The summed E-state index contributed by atoms with van der Waals surface area (Å²) >= 11 is 1.98. The second-order valence-electron chi connectivity index (χ2n) is 6.70. The van der Waals surface area contributed by atoms with Gasteiger partial charge in [-0.3, -0.25) is 4.90 Å². The molecular formula is C19H31NO3S. The van der Waals surface area contributed by atoms with Crippen molar-refractivity contribution in [1.29, 1.82) is 0 Å². The van der Waals surface area contributed by atoms with Crippen LogP contribution in [0.15, 0.2) is 6.07 Å². The molecule has 3 aliphatic heterocycles. The van der Waals surface area contributed by atoms with E-state index < -0.39 is 0 Å². The number of piperidine rings is 1. The number of aryl methyl sites for hydroxylation is 1. The number of rotatable bonds is 2. The predicted octanol–water partition coefficient (Wildman–Crippen LogP) is 2.96. The zero-order valence-corrected chi connectivity index (χ0v) is 16.0. The Balaban J connectivity index is 0.000000815. The molecule has 0 aromatic carbocycles. The van der Waals surface area contributed by atoms with E-state index in [1.807, 2.05) is 25.2 Å². The molecule has 1 spiro atoms. The van der Waals surface area contributed by atoms with E-state index in [1.165, 1.54) is 10.4 Å². The highest BCUT2D eigenvalue weighted by atomic mass is 32.1. The quantitative estimate of drug-likeness (QED) is 0.888. The topological polar surface area (TPSA) is 41.9 Å². The fourth-order valence-electron chi connectivity index (χ4n) is 4.16. The summed E-state index contributed by atoms with van der Waals surface area (Å²) in [5.74, 6) is 0. The van der Waals surface area contributed by atoms with E-state index in [4.69, 9.17) is 9.47 Å². The summed E-state index contributed by atoms with van der Waals surface area (Å²) in [5, 5.41) is 10.0. The third-order valence-corrected chi connectivity index (χ3v) is 6.84. The number of thiophene rings is 1. The molecule has 2 unspecified atom stereocenters. The second-order valence-corrected chi connectivity index (χ2v) is 7.93. The van der Waals surface area contributed by atoms with Crippen LogP contribution >= 0.6 is 11.3 Å². The molecule has 2 saturated heterocycles. The molecule has 1 N–H and O–H groups in total. The third kappa shape index (κ3) is 3.29. The highest BCUT2D eigenvalue weighted by Crippen LogP contribution is 2.45. The number of aliphatic hydroxyl groups is 1. The molecule has 24 heavy (non-hydrogen) atoms. The third-order valence-electron chi connectivity index (χ3n) is 5.50. The Bertz CT molecular complexity index is 537. The Hall–Kier alpha value is -0.460. The van der Waals surface area contributed by atoms with Crippen LogP contribution in [0.25, 0.3) is 0 Å². The molecule has 2 atom stereocenters. The molecule has 0 bridgehead atoms. The van der Waals surface area contributed by atoms with Gasteiger partial charge in [0.1, 0.15) is 0 Å². The molecule has 4 nitrogen and oxygen atoms in total. The second kappa shape index (κ2) is 7.83. The van der Waals surface area contributed by atoms with Crippen molar-refractivity contribution in [2.75, 3.05) is 32.9 Å². The molecule has 1 aromatic heterocycles. The van der Waals surface area contributed by atoms with Crippen LogP contribution in [-0.2, 0) is 27.9 Å². The Labute approximate surface area is 149 Å². The SMILES string of the molecule is CC.CCc1cc2c(s1)CCOC21CCN(C2COCC2O)CC1. The van der Waals surface area contributed by atoms with E-state index in [-0.39, 0.29) is 17.7 Å². The summed E-state index contributed by atoms with van der Waals surface area (Å²) in [5.41, 5.74) is 1.39. The molecule has 5 heteroatoms. The van der Waals surface area contributed by atoms with E-state index in [9.17, 15) is 5.11 Å². The van der Waals surface area contributed by atoms with Gasteiger partial charge in [-0.05, 0) is 30.9 Å². The van der Waals surface area contributed by atoms with E-state index in [0.29, 0.717) is 13.2 Å². The molecule has 4 heterocycles. The number of ether oxygens (including phenoxy) is 2. The molecule has 0 radical (unpaired) electrons. The standard InChI is InChI=1S/C17H25NO3S.C2H6/c1-2-12-9-13-16(22-12)3-8-21-17(13)4-6-18(7-5-17)14-10-20-11-15(14)19;1-2/h9,14-15,19H,2-8,10-11H2,1H3;1-2H3. The first-order valence-electron chi connectivity index (χ1n) is 9.48. The van der Waals surface area contributed by atoms with Crippen molar-refractivity contribution in [2.24, 2.45) is 0 Å². The molecule has 0 saturated carbocycles. The number of likely N-dealkylation sites (tertiary alicyclic amines) is 1. The Morgan fingerprint density at radius 1 is 1.29 bits per heavy atom. The maximum atomic E-state index is 10.0. The summed E-state index contributed by atoms with van der Waals surface area (Å²) in [6, 6.07) is 2.57. The highest BCUT2D eigenvalue weighted by Gasteiger charge is 2.44. The van der Waals surface area contributed by atoms with E-state index in [1.54, 1.807) is 4.88 Å². The summed E-state index contributed by atoms with van der Waals surface area (Å²) in [7, 11) is 0. The first-order valence-corrected chi connectivity index (χ1v) is 10.3. The highest BCUT2D eigenvalue weighted by molar-refractivity contribution is 7.12. The maximum absolute atomic E-state index is 10.0.